The summed E-state index contributed by atoms with van der Waals surface area (Å²) >= 11 is 6.02. The Kier molecular flexibility index (Phi) is 4.63. The molecule has 0 amide bonds. The number of nitrogens with zero attached hydrogens (tertiary/aromatic N) is 1. The van der Waals surface area contributed by atoms with Crippen LogP contribution in [0.15, 0.2) is 12.3 Å². The minimum Gasteiger partial charge on any atom is -0.490 e. The van der Waals surface area contributed by atoms with E-state index in [2.05, 4.69) is 17.2 Å². The van der Waals surface area contributed by atoms with Crippen molar-refractivity contribution in [2.24, 2.45) is 0 Å². The zero-order valence-electron chi connectivity index (χ0n) is 10.2. The van der Waals surface area contributed by atoms with E-state index in [4.69, 9.17) is 16.3 Å². The molecule has 17 heavy (non-hydrogen) atoms. The smallest absolute Gasteiger partial charge is 0.138 e. The topological polar surface area (TPSA) is 34.1 Å². The number of aromatic nitrogens is 1. The van der Waals surface area contributed by atoms with Crippen LogP contribution in [0.3, 0.4) is 0 Å². The Morgan fingerprint density at radius 2 is 2.47 bits per heavy atom. The molecular weight excluding hydrogens is 236 g/mol. The maximum Gasteiger partial charge on any atom is 0.138 e. The summed E-state index contributed by atoms with van der Waals surface area (Å²) in [6, 6.07) is 2.49. The molecule has 0 bridgehead atoms. The predicted molar refractivity (Wildman–Crippen MR) is 69.8 cm³/mol. The first-order valence-corrected chi connectivity index (χ1v) is 6.68. The average Bonchev–Trinajstić information content (AvgIpc) is 2.83. The lowest BCUT2D eigenvalue weighted by atomic mass is 10.2. The highest BCUT2D eigenvalue weighted by Crippen LogP contribution is 2.21. The molecular formula is C13H19ClN2O. The second kappa shape index (κ2) is 6.22. The predicted octanol–water partition coefficient (Wildman–Crippen LogP) is 2.82. The van der Waals surface area contributed by atoms with E-state index in [1.54, 1.807) is 6.20 Å². The minimum atomic E-state index is 0.486. The average molecular weight is 255 g/mol. The first-order valence-electron chi connectivity index (χ1n) is 6.30. The van der Waals surface area contributed by atoms with E-state index in [9.17, 15) is 0 Å². The Morgan fingerprint density at radius 3 is 3.18 bits per heavy atom. The number of ether oxygens (including phenoxy) is 1. The van der Waals surface area contributed by atoms with Gasteiger partial charge in [-0.05, 0) is 37.4 Å². The van der Waals surface area contributed by atoms with E-state index < -0.39 is 0 Å². The highest BCUT2D eigenvalue weighted by molar-refractivity contribution is 6.30. The van der Waals surface area contributed by atoms with Crippen molar-refractivity contribution in [3.63, 3.8) is 0 Å². The molecule has 1 unspecified atom stereocenters. The van der Waals surface area contributed by atoms with E-state index in [1.807, 2.05) is 6.07 Å². The van der Waals surface area contributed by atoms with Gasteiger partial charge < -0.3 is 10.1 Å². The summed E-state index contributed by atoms with van der Waals surface area (Å²) < 4.78 is 5.75. The Morgan fingerprint density at radius 1 is 1.59 bits per heavy atom. The van der Waals surface area contributed by atoms with E-state index in [0.717, 1.165) is 37.3 Å². The van der Waals surface area contributed by atoms with Gasteiger partial charge in [-0.25, -0.2) is 4.98 Å². The molecule has 0 spiro atoms. The van der Waals surface area contributed by atoms with Gasteiger partial charge in [0.2, 0.25) is 0 Å². The number of halogens is 1. The Hall–Kier alpha value is -0.800. The van der Waals surface area contributed by atoms with Gasteiger partial charge in [-0.2, -0.15) is 0 Å². The molecule has 1 aromatic rings. The van der Waals surface area contributed by atoms with Crippen LogP contribution >= 0.6 is 11.6 Å². The van der Waals surface area contributed by atoms with Crippen molar-refractivity contribution in [3.8, 4) is 5.75 Å². The van der Waals surface area contributed by atoms with Crippen molar-refractivity contribution in [2.45, 2.75) is 38.6 Å². The van der Waals surface area contributed by atoms with Crippen LogP contribution in [0, 0.1) is 0 Å². The van der Waals surface area contributed by atoms with Crippen molar-refractivity contribution >= 4 is 11.6 Å². The minimum absolute atomic E-state index is 0.486. The maximum absolute atomic E-state index is 6.02. The van der Waals surface area contributed by atoms with Gasteiger partial charge in [0, 0.05) is 6.04 Å². The SMILES string of the molecule is CCCc1cc(OCC2CCCN2)cnc1Cl. The second-order valence-electron chi connectivity index (χ2n) is 4.48. The van der Waals surface area contributed by atoms with Gasteiger partial charge >= 0.3 is 0 Å². The molecule has 1 aliphatic heterocycles. The molecule has 2 rings (SSSR count). The third-order valence-electron chi connectivity index (χ3n) is 3.02. The lowest BCUT2D eigenvalue weighted by Crippen LogP contribution is -2.28. The van der Waals surface area contributed by atoms with E-state index in [1.165, 1.54) is 12.8 Å². The molecule has 1 aliphatic rings. The summed E-state index contributed by atoms with van der Waals surface area (Å²) in [6.07, 6.45) is 6.16. The molecule has 2 heterocycles. The van der Waals surface area contributed by atoms with Crippen molar-refractivity contribution in [2.75, 3.05) is 13.2 Å². The molecule has 1 N–H and O–H groups in total. The Balaban J connectivity index is 1.93. The number of hydrogen-bond donors (Lipinski definition) is 1. The maximum atomic E-state index is 6.02. The lowest BCUT2D eigenvalue weighted by molar-refractivity contribution is 0.276. The number of rotatable bonds is 5. The van der Waals surface area contributed by atoms with Crippen molar-refractivity contribution in [1.29, 1.82) is 0 Å². The third-order valence-corrected chi connectivity index (χ3v) is 3.36. The Bertz CT molecular complexity index is 364. The monoisotopic (exact) mass is 254 g/mol. The van der Waals surface area contributed by atoms with Crippen molar-refractivity contribution < 1.29 is 4.74 Å². The van der Waals surface area contributed by atoms with Crippen LogP contribution in [0.4, 0.5) is 0 Å². The molecule has 0 aromatic carbocycles. The third kappa shape index (κ3) is 3.58. The first kappa shape index (κ1) is 12.7. The largest absolute Gasteiger partial charge is 0.490 e. The molecule has 0 radical (unpaired) electrons. The van der Waals surface area contributed by atoms with Gasteiger partial charge in [-0.1, -0.05) is 24.9 Å². The summed E-state index contributed by atoms with van der Waals surface area (Å²) in [4.78, 5) is 4.16. The standard InChI is InChI=1S/C13H19ClN2O/c1-2-4-10-7-12(8-16-13(10)14)17-9-11-5-3-6-15-11/h7-8,11,15H,2-6,9H2,1H3. The number of aryl methyl sites for hydroxylation is 1. The van der Waals surface area contributed by atoms with Gasteiger partial charge in [-0.15, -0.1) is 0 Å². The van der Waals surface area contributed by atoms with Gasteiger partial charge in [0.1, 0.15) is 17.5 Å². The molecule has 0 aliphatic carbocycles. The lowest BCUT2D eigenvalue weighted by Gasteiger charge is -2.12. The Labute approximate surface area is 108 Å². The van der Waals surface area contributed by atoms with Crippen LogP contribution in [0.2, 0.25) is 5.15 Å². The number of nitrogens with one attached hydrogen (secondary N) is 1. The normalized spacial score (nSPS) is 19.5. The van der Waals surface area contributed by atoms with E-state index in [-0.39, 0.29) is 0 Å². The molecule has 1 atom stereocenters. The van der Waals surface area contributed by atoms with Crippen LogP contribution < -0.4 is 10.1 Å². The molecule has 1 fully saturated rings. The fourth-order valence-electron chi connectivity index (χ4n) is 2.09. The van der Waals surface area contributed by atoms with Crippen LogP contribution in [0.1, 0.15) is 31.7 Å². The van der Waals surface area contributed by atoms with E-state index in [0.29, 0.717) is 11.2 Å². The van der Waals surface area contributed by atoms with Crippen LogP contribution in [-0.2, 0) is 6.42 Å². The highest BCUT2D eigenvalue weighted by Gasteiger charge is 2.14. The molecule has 4 heteroatoms. The van der Waals surface area contributed by atoms with Crippen molar-refractivity contribution in [1.82, 2.24) is 10.3 Å². The highest BCUT2D eigenvalue weighted by atomic mass is 35.5. The van der Waals surface area contributed by atoms with Gasteiger partial charge in [0.15, 0.2) is 0 Å². The summed E-state index contributed by atoms with van der Waals surface area (Å²) in [5.41, 5.74) is 1.08. The molecule has 1 saturated heterocycles. The molecule has 1 aromatic heterocycles. The fourth-order valence-corrected chi connectivity index (χ4v) is 2.29. The summed E-state index contributed by atoms with van der Waals surface area (Å²) in [7, 11) is 0. The summed E-state index contributed by atoms with van der Waals surface area (Å²) in [5, 5.41) is 4.00. The zero-order valence-corrected chi connectivity index (χ0v) is 11.0. The van der Waals surface area contributed by atoms with Crippen LogP contribution in [0.5, 0.6) is 5.75 Å². The summed E-state index contributed by atoms with van der Waals surface area (Å²) in [6.45, 7) is 3.95. The molecule has 0 saturated carbocycles. The number of hydrogen-bond acceptors (Lipinski definition) is 3. The van der Waals surface area contributed by atoms with E-state index >= 15 is 0 Å². The molecule has 94 valence electrons. The second-order valence-corrected chi connectivity index (χ2v) is 4.83. The van der Waals surface area contributed by atoms with Crippen LogP contribution in [0.25, 0.3) is 0 Å². The molecule has 3 nitrogen and oxygen atoms in total. The zero-order chi connectivity index (χ0) is 12.1. The summed E-state index contributed by atoms with van der Waals surface area (Å²) in [5.74, 6) is 0.826. The van der Waals surface area contributed by atoms with Gasteiger partial charge in [-0.3, -0.25) is 0 Å². The first-order chi connectivity index (χ1) is 8.29. The van der Waals surface area contributed by atoms with Gasteiger partial charge in [0.05, 0.1) is 6.20 Å². The quantitative estimate of drug-likeness (QED) is 0.821. The van der Waals surface area contributed by atoms with Crippen molar-refractivity contribution in [3.05, 3.63) is 23.0 Å². The number of pyridine rings is 1. The fraction of sp³-hybridized carbons (Fsp3) is 0.615. The van der Waals surface area contributed by atoms with Crippen LogP contribution in [-0.4, -0.2) is 24.2 Å². The van der Waals surface area contributed by atoms with Gasteiger partial charge in [0.25, 0.3) is 0 Å².